The summed E-state index contributed by atoms with van der Waals surface area (Å²) in [6.07, 6.45) is 3.90. The van der Waals surface area contributed by atoms with Crippen LogP contribution in [-0.2, 0) is 0 Å². The predicted octanol–water partition coefficient (Wildman–Crippen LogP) is 0.411. The molecule has 0 unspecified atom stereocenters. The van der Waals surface area contributed by atoms with E-state index in [-0.39, 0.29) is 6.61 Å². The Morgan fingerprint density at radius 1 is 1.42 bits per heavy atom. The van der Waals surface area contributed by atoms with E-state index in [9.17, 15) is 0 Å². The van der Waals surface area contributed by atoms with Gasteiger partial charge in [0.1, 0.15) is 18.0 Å². The van der Waals surface area contributed by atoms with Gasteiger partial charge < -0.3 is 20.2 Å². The number of anilines is 2. The summed E-state index contributed by atoms with van der Waals surface area (Å²) in [6, 6.07) is 2.48. The molecule has 1 aliphatic rings. The Morgan fingerprint density at radius 3 is 2.84 bits per heavy atom. The van der Waals surface area contributed by atoms with Crippen molar-refractivity contribution < 1.29 is 5.11 Å². The van der Waals surface area contributed by atoms with Gasteiger partial charge in [0.15, 0.2) is 0 Å². The maximum Gasteiger partial charge on any atom is 0.134 e. The Bertz CT molecular complexity index is 392. The molecule has 2 N–H and O–H groups in total. The van der Waals surface area contributed by atoms with E-state index in [2.05, 4.69) is 39.2 Å². The van der Waals surface area contributed by atoms with Gasteiger partial charge in [-0.25, -0.2) is 9.97 Å². The summed E-state index contributed by atoms with van der Waals surface area (Å²) in [5, 5.41) is 11.9. The van der Waals surface area contributed by atoms with Crippen LogP contribution in [0.15, 0.2) is 12.4 Å². The summed E-state index contributed by atoms with van der Waals surface area (Å²) in [6.45, 7) is 2.88. The molecule has 0 saturated carbocycles. The lowest BCUT2D eigenvalue weighted by molar-refractivity contribution is 0.252. The van der Waals surface area contributed by atoms with Gasteiger partial charge in [-0.05, 0) is 33.0 Å². The van der Waals surface area contributed by atoms with E-state index in [1.807, 2.05) is 6.07 Å². The van der Waals surface area contributed by atoms with Gasteiger partial charge in [-0.2, -0.15) is 0 Å². The molecule has 1 aliphatic heterocycles. The predicted molar refractivity (Wildman–Crippen MR) is 76.5 cm³/mol. The van der Waals surface area contributed by atoms with Gasteiger partial charge in [-0.3, -0.25) is 0 Å². The minimum absolute atomic E-state index is 0.101. The Labute approximate surface area is 114 Å². The van der Waals surface area contributed by atoms with Crippen LogP contribution in [0.4, 0.5) is 11.6 Å². The van der Waals surface area contributed by atoms with Gasteiger partial charge >= 0.3 is 0 Å². The second-order valence-electron chi connectivity index (χ2n) is 5.06. The zero-order valence-electron chi connectivity index (χ0n) is 11.7. The first-order valence-electron chi connectivity index (χ1n) is 6.79. The number of aromatic nitrogens is 2. The minimum Gasteiger partial charge on any atom is -0.395 e. The van der Waals surface area contributed by atoms with Crippen molar-refractivity contribution in [2.24, 2.45) is 0 Å². The van der Waals surface area contributed by atoms with Crippen LogP contribution in [0.2, 0.25) is 0 Å². The normalized spacial score (nSPS) is 17.4. The SMILES string of the molecule is CN1CCC(N(C)c2cc(NCCO)ncn2)CC1. The Kier molecular flexibility index (Phi) is 4.93. The highest BCUT2D eigenvalue weighted by Crippen LogP contribution is 2.21. The lowest BCUT2D eigenvalue weighted by atomic mass is 10.0. The van der Waals surface area contributed by atoms with Crippen LogP contribution in [-0.4, -0.2) is 66.4 Å². The van der Waals surface area contributed by atoms with Crippen LogP contribution in [0.1, 0.15) is 12.8 Å². The first-order valence-corrected chi connectivity index (χ1v) is 6.79. The quantitative estimate of drug-likeness (QED) is 0.804. The summed E-state index contributed by atoms with van der Waals surface area (Å²) in [7, 11) is 4.26. The average molecular weight is 265 g/mol. The van der Waals surface area contributed by atoms with Crippen molar-refractivity contribution in [3.63, 3.8) is 0 Å². The molecule has 0 bridgehead atoms. The third-order valence-corrected chi connectivity index (χ3v) is 3.67. The molecule has 0 aliphatic carbocycles. The van der Waals surface area contributed by atoms with Crippen LogP contribution in [0, 0.1) is 0 Å². The van der Waals surface area contributed by atoms with Crippen molar-refractivity contribution in [1.29, 1.82) is 0 Å². The number of likely N-dealkylation sites (tertiary alicyclic amines) is 1. The molecule has 106 valence electrons. The van der Waals surface area contributed by atoms with Crippen LogP contribution in [0.3, 0.4) is 0 Å². The summed E-state index contributed by atoms with van der Waals surface area (Å²) >= 11 is 0. The molecule has 1 aromatic rings. The number of nitrogens with one attached hydrogen (secondary N) is 1. The fourth-order valence-electron chi connectivity index (χ4n) is 2.39. The Hall–Kier alpha value is -1.40. The highest BCUT2D eigenvalue weighted by molar-refractivity contribution is 5.48. The van der Waals surface area contributed by atoms with Crippen LogP contribution in [0.5, 0.6) is 0 Å². The highest BCUT2D eigenvalue weighted by atomic mass is 16.3. The maximum atomic E-state index is 8.81. The number of nitrogens with zero attached hydrogens (tertiary/aromatic N) is 4. The van der Waals surface area contributed by atoms with E-state index in [4.69, 9.17) is 5.11 Å². The molecule has 0 radical (unpaired) electrons. The van der Waals surface area contributed by atoms with Gasteiger partial charge in [0.2, 0.25) is 0 Å². The largest absolute Gasteiger partial charge is 0.395 e. The average Bonchev–Trinajstić information content (AvgIpc) is 2.45. The standard InChI is InChI=1S/C13H23N5O/c1-17-6-3-11(4-7-17)18(2)13-9-12(14-5-8-19)15-10-16-13/h9-11,19H,3-8H2,1-2H3,(H,14,15,16). The first kappa shape index (κ1) is 14.0. The van der Waals surface area contributed by atoms with Crippen molar-refractivity contribution in [2.45, 2.75) is 18.9 Å². The number of piperidine rings is 1. The molecule has 19 heavy (non-hydrogen) atoms. The Balaban J connectivity index is 1.99. The van der Waals surface area contributed by atoms with E-state index in [0.29, 0.717) is 12.6 Å². The summed E-state index contributed by atoms with van der Waals surface area (Å²) in [5.41, 5.74) is 0. The highest BCUT2D eigenvalue weighted by Gasteiger charge is 2.21. The molecule has 2 heterocycles. The number of aliphatic hydroxyl groups excluding tert-OH is 1. The van der Waals surface area contributed by atoms with E-state index in [0.717, 1.165) is 37.6 Å². The van der Waals surface area contributed by atoms with Gasteiger partial charge in [0, 0.05) is 25.7 Å². The third kappa shape index (κ3) is 3.78. The minimum atomic E-state index is 0.101. The third-order valence-electron chi connectivity index (χ3n) is 3.67. The molecule has 1 saturated heterocycles. The zero-order chi connectivity index (χ0) is 13.7. The molecule has 2 rings (SSSR count). The van der Waals surface area contributed by atoms with Crippen molar-refractivity contribution >= 4 is 11.6 Å². The summed E-state index contributed by atoms with van der Waals surface area (Å²) in [4.78, 5) is 13.1. The number of rotatable bonds is 5. The maximum absolute atomic E-state index is 8.81. The lowest BCUT2D eigenvalue weighted by Gasteiger charge is -2.35. The van der Waals surface area contributed by atoms with Crippen molar-refractivity contribution in [1.82, 2.24) is 14.9 Å². The van der Waals surface area contributed by atoms with Crippen LogP contribution >= 0.6 is 0 Å². The number of hydrogen-bond donors (Lipinski definition) is 2. The Morgan fingerprint density at radius 2 is 2.16 bits per heavy atom. The van der Waals surface area contributed by atoms with Crippen molar-refractivity contribution in [3.05, 3.63) is 12.4 Å². The summed E-state index contributed by atoms with van der Waals surface area (Å²) < 4.78 is 0. The smallest absolute Gasteiger partial charge is 0.134 e. The van der Waals surface area contributed by atoms with Gasteiger partial charge in [0.05, 0.1) is 6.61 Å². The fourth-order valence-corrected chi connectivity index (χ4v) is 2.39. The van der Waals surface area contributed by atoms with Crippen molar-refractivity contribution in [2.75, 3.05) is 50.6 Å². The molecule has 0 aromatic carbocycles. The van der Waals surface area contributed by atoms with Gasteiger partial charge in [-0.1, -0.05) is 0 Å². The molecule has 0 atom stereocenters. The van der Waals surface area contributed by atoms with Gasteiger partial charge in [0.25, 0.3) is 0 Å². The van der Waals surface area contributed by atoms with Crippen LogP contribution in [0.25, 0.3) is 0 Å². The van der Waals surface area contributed by atoms with E-state index in [1.54, 1.807) is 6.33 Å². The monoisotopic (exact) mass is 265 g/mol. The second-order valence-corrected chi connectivity index (χ2v) is 5.06. The molecule has 0 amide bonds. The fraction of sp³-hybridized carbons (Fsp3) is 0.692. The summed E-state index contributed by atoms with van der Waals surface area (Å²) in [5.74, 6) is 1.70. The van der Waals surface area contributed by atoms with E-state index >= 15 is 0 Å². The molecule has 1 aromatic heterocycles. The number of hydrogen-bond acceptors (Lipinski definition) is 6. The molecule has 6 heteroatoms. The molecule has 1 fully saturated rings. The number of aliphatic hydroxyl groups is 1. The van der Waals surface area contributed by atoms with E-state index < -0.39 is 0 Å². The lowest BCUT2D eigenvalue weighted by Crippen LogP contribution is -2.42. The second kappa shape index (κ2) is 6.68. The molecule has 6 nitrogen and oxygen atoms in total. The van der Waals surface area contributed by atoms with Gasteiger partial charge in [-0.15, -0.1) is 0 Å². The molecular weight excluding hydrogens is 242 g/mol. The first-order chi connectivity index (χ1) is 9.20. The molecular formula is C13H23N5O. The van der Waals surface area contributed by atoms with Crippen LogP contribution < -0.4 is 10.2 Å². The zero-order valence-corrected chi connectivity index (χ0v) is 11.7. The molecule has 0 spiro atoms. The topological polar surface area (TPSA) is 64.5 Å². The van der Waals surface area contributed by atoms with Crippen molar-refractivity contribution in [3.8, 4) is 0 Å². The van der Waals surface area contributed by atoms with E-state index in [1.165, 1.54) is 0 Å².